The zero-order valence-electron chi connectivity index (χ0n) is 11.0. The zero-order chi connectivity index (χ0) is 13.1. The van der Waals surface area contributed by atoms with Crippen molar-refractivity contribution in [3.8, 4) is 0 Å². The molecule has 19 heavy (non-hydrogen) atoms. The van der Waals surface area contributed by atoms with E-state index < -0.39 is 0 Å². The van der Waals surface area contributed by atoms with E-state index in [0.717, 1.165) is 25.7 Å². The van der Waals surface area contributed by atoms with E-state index in [-0.39, 0.29) is 5.92 Å². The summed E-state index contributed by atoms with van der Waals surface area (Å²) in [6.07, 6.45) is 4.65. The van der Waals surface area contributed by atoms with Gasteiger partial charge in [0.1, 0.15) is 5.78 Å². The number of carbonyl (C=O) groups excluding carboxylic acids is 1. The van der Waals surface area contributed by atoms with Crippen LogP contribution in [0.4, 0.5) is 0 Å². The van der Waals surface area contributed by atoms with Crippen LogP contribution in [0.2, 0.25) is 0 Å². The van der Waals surface area contributed by atoms with E-state index in [2.05, 4.69) is 41.8 Å². The number of fused-ring (bicyclic) bond motifs is 1. The van der Waals surface area contributed by atoms with Gasteiger partial charge in [-0.2, -0.15) is 0 Å². The van der Waals surface area contributed by atoms with Crippen molar-refractivity contribution in [1.82, 2.24) is 0 Å². The second kappa shape index (κ2) is 5.70. The summed E-state index contributed by atoms with van der Waals surface area (Å²) in [5.41, 5.74) is 2.81. The minimum Gasteiger partial charge on any atom is -0.299 e. The molecule has 0 amide bonds. The molecule has 0 radical (unpaired) electrons. The highest BCUT2D eigenvalue weighted by Crippen LogP contribution is 2.27. The molecule has 0 fully saturated rings. The molecule has 3 rings (SSSR count). The fourth-order valence-electron chi connectivity index (χ4n) is 2.88. The molecule has 1 aliphatic carbocycles. The van der Waals surface area contributed by atoms with Gasteiger partial charge in [-0.25, -0.2) is 0 Å². The van der Waals surface area contributed by atoms with Crippen LogP contribution in [0.15, 0.2) is 41.8 Å². The lowest BCUT2D eigenvalue weighted by molar-refractivity contribution is -0.123. The number of benzene rings is 1. The Bertz CT molecular complexity index is 556. The Morgan fingerprint density at radius 1 is 1.16 bits per heavy atom. The minimum absolute atomic E-state index is 0.245. The Kier molecular flexibility index (Phi) is 3.79. The number of hydrogen-bond donors (Lipinski definition) is 0. The SMILES string of the molecule is O=C(CCc1cccs1)C1CCc2ccccc2C1. The minimum atomic E-state index is 0.245. The van der Waals surface area contributed by atoms with Crippen molar-refractivity contribution >= 4 is 17.1 Å². The van der Waals surface area contributed by atoms with Gasteiger partial charge in [0, 0.05) is 17.2 Å². The van der Waals surface area contributed by atoms with Crippen molar-refractivity contribution in [3.05, 3.63) is 57.8 Å². The molecule has 98 valence electrons. The smallest absolute Gasteiger partial charge is 0.136 e. The molecule has 1 unspecified atom stereocenters. The van der Waals surface area contributed by atoms with Gasteiger partial charge in [0.2, 0.25) is 0 Å². The van der Waals surface area contributed by atoms with Gasteiger partial charge in [0.15, 0.2) is 0 Å². The summed E-state index contributed by atoms with van der Waals surface area (Å²) in [4.78, 5) is 13.6. The molecule has 0 N–H and O–H groups in total. The van der Waals surface area contributed by atoms with Crippen LogP contribution in [0.1, 0.15) is 28.8 Å². The van der Waals surface area contributed by atoms with Gasteiger partial charge >= 0.3 is 0 Å². The van der Waals surface area contributed by atoms with Gasteiger partial charge in [0.25, 0.3) is 0 Å². The molecule has 2 heteroatoms. The lowest BCUT2D eigenvalue weighted by Crippen LogP contribution is -2.22. The molecule has 1 heterocycles. The predicted octanol–water partition coefficient (Wildman–Crippen LogP) is 4.05. The van der Waals surface area contributed by atoms with Gasteiger partial charge in [-0.1, -0.05) is 30.3 Å². The fourth-order valence-corrected chi connectivity index (χ4v) is 3.59. The zero-order valence-corrected chi connectivity index (χ0v) is 11.8. The molecular formula is C17H18OS. The van der Waals surface area contributed by atoms with Crippen LogP contribution in [0.5, 0.6) is 0 Å². The van der Waals surface area contributed by atoms with Gasteiger partial charge in [-0.05, 0) is 48.3 Å². The number of hydrogen-bond acceptors (Lipinski definition) is 2. The maximum atomic E-state index is 12.3. The summed E-state index contributed by atoms with van der Waals surface area (Å²) >= 11 is 1.75. The molecular weight excluding hydrogens is 252 g/mol. The van der Waals surface area contributed by atoms with E-state index in [4.69, 9.17) is 0 Å². The predicted molar refractivity (Wildman–Crippen MR) is 79.6 cm³/mol. The summed E-state index contributed by atoms with van der Waals surface area (Å²) in [5, 5.41) is 2.08. The lowest BCUT2D eigenvalue weighted by Gasteiger charge is -2.23. The molecule has 1 atom stereocenters. The van der Waals surface area contributed by atoms with Crippen molar-refractivity contribution in [2.45, 2.75) is 32.1 Å². The van der Waals surface area contributed by atoms with E-state index in [9.17, 15) is 4.79 Å². The van der Waals surface area contributed by atoms with Crippen LogP contribution in [-0.2, 0) is 24.1 Å². The van der Waals surface area contributed by atoms with E-state index in [1.54, 1.807) is 11.3 Å². The monoisotopic (exact) mass is 270 g/mol. The largest absolute Gasteiger partial charge is 0.299 e. The summed E-state index contributed by atoms with van der Waals surface area (Å²) in [7, 11) is 0. The Morgan fingerprint density at radius 2 is 2.00 bits per heavy atom. The maximum absolute atomic E-state index is 12.3. The Morgan fingerprint density at radius 3 is 2.79 bits per heavy atom. The molecule has 0 bridgehead atoms. The Labute approximate surface area is 118 Å². The number of carbonyl (C=O) groups is 1. The van der Waals surface area contributed by atoms with Crippen LogP contribution in [-0.4, -0.2) is 5.78 Å². The number of Topliss-reactive ketones (excluding diaryl/α,β-unsaturated/α-hetero) is 1. The fraction of sp³-hybridized carbons (Fsp3) is 0.353. The molecule has 0 aliphatic heterocycles. The molecule has 0 spiro atoms. The van der Waals surface area contributed by atoms with Crippen molar-refractivity contribution in [3.63, 3.8) is 0 Å². The van der Waals surface area contributed by atoms with Crippen LogP contribution >= 0.6 is 11.3 Å². The first kappa shape index (κ1) is 12.6. The summed E-state index contributed by atoms with van der Waals surface area (Å²) < 4.78 is 0. The third-order valence-electron chi connectivity index (χ3n) is 4.00. The third-order valence-corrected chi connectivity index (χ3v) is 4.94. The van der Waals surface area contributed by atoms with E-state index in [1.165, 1.54) is 16.0 Å². The summed E-state index contributed by atoms with van der Waals surface area (Å²) in [6, 6.07) is 12.7. The first-order valence-corrected chi connectivity index (χ1v) is 7.83. The van der Waals surface area contributed by atoms with Crippen LogP contribution in [0.3, 0.4) is 0 Å². The molecule has 1 aliphatic rings. The third kappa shape index (κ3) is 2.95. The highest BCUT2D eigenvalue weighted by Gasteiger charge is 2.23. The highest BCUT2D eigenvalue weighted by molar-refractivity contribution is 7.09. The number of aryl methyl sites for hydroxylation is 2. The number of thiophene rings is 1. The second-order valence-corrected chi connectivity index (χ2v) is 6.29. The molecule has 2 aromatic rings. The molecule has 1 aromatic heterocycles. The Balaban J connectivity index is 1.60. The van der Waals surface area contributed by atoms with Crippen molar-refractivity contribution in [1.29, 1.82) is 0 Å². The van der Waals surface area contributed by atoms with Gasteiger partial charge < -0.3 is 0 Å². The van der Waals surface area contributed by atoms with Crippen LogP contribution < -0.4 is 0 Å². The van der Waals surface area contributed by atoms with Crippen molar-refractivity contribution in [2.75, 3.05) is 0 Å². The van der Waals surface area contributed by atoms with Gasteiger partial charge in [-0.3, -0.25) is 4.79 Å². The first-order chi connectivity index (χ1) is 9.33. The maximum Gasteiger partial charge on any atom is 0.136 e. The van der Waals surface area contributed by atoms with Gasteiger partial charge in [0.05, 0.1) is 0 Å². The summed E-state index contributed by atoms with van der Waals surface area (Å²) in [6.45, 7) is 0. The van der Waals surface area contributed by atoms with E-state index in [1.807, 2.05) is 0 Å². The second-order valence-electron chi connectivity index (χ2n) is 5.25. The lowest BCUT2D eigenvalue weighted by atomic mass is 9.81. The van der Waals surface area contributed by atoms with Crippen LogP contribution in [0, 0.1) is 5.92 Å². The van der Waals surface area contributed by atoms with Crippen molar-refractivity contribution < 1.29 is 4.79 Å². The summed E-state index contributed by atoms with van der Waals surface area (Å²) in [5.74, 6) is 0.692. The Hall–Kier alpha value is -1.41. The van der Waals surface area contributed by atoms with Gasteiger partial charge in [-0.15, -0.1) is 11.3 Å². The average molecular weight is 270 g/mol. The molecule has 0 saturated carbocycles. The number of ketones is 1. The average Bonchev–Trinajstić information content (AvgIpc) is 2.97. The van der Waals surface area contributed by atoms with Crippen molar-refractivity contribution in [2.24, 2.45) is 5.92 Å². The normalized spacial score (nSPS) is 18.0. The quantitative estimate of drug-likeness (QED) is 0.819. The number of rotatable bonds is 4. The van der Waals surface area contributed by atoms with E-state index >= 15 is 0 Å². The van der Waals surface area contributed by atoms with Crippen LogP contribution in [0.25, 0.3) is 0 Å². The topological polar surface area (TPSA) is 17.1 Å². The molecule has 0 saturated heterocycles. The molecule has 1 aromatic carbocycles. The standard InChI is InChI=1S/C17H18OS/c18-17(10-9-16-6-3-11-19-16)15-8-7-13-4-1-2-5-14(13)12-15/h1-6,11,15H,7-10,12H2. The first-order valence-electron chi connectivity index (χ1n) is 6.95. The highest BCUT2D eigenvalue weighted by atomic mass is 32.1. The van der Waals surface area contributed by atoms with E-state index in [0.29, 0.717) is 12.2 Å². The molecule has 1 nitrogen and oxygen atoms in total.